The normalized spacial score (nSPS) is 10.7. The van der Waals surface area contributed by atoms with Crippen LogP contribution >= 0.6 is 11.6 Å². The Bertz CT molecular complexity index is 766. The van der Waals surface area contributed by atoms with E-state index in [0.29, 0.717) is 16.5 Å². The third-order valence-electron chi connectivity index (χ3n) is 3.13. The molecule has 0 fully saturated rings. The van der Waals surface area contributed by atoms with Gasteiger partial charge in [-0.05, 0) is 36.8 Å². The molecule has 0 atom stereocenters. The molecule has 0 unspecified atom stereocenters. The summed E-state index contributed by atoms with van der Waals surface area (Å²) in [6.45, 7) is 2.00. The van der Waals surface area contributed by atoms with E-state index in [2.05, 4.69) is 15.3 Å². The highest BCUT2D eigenvalue weighted by molar-refractivity contribution is 6.33. The Morgan fingerprint density at radius 1 is 1.15 bits per heavy atom. The van der Waals surface area contributed by atoms with E-state index in [1.165, 1.54) is 6.33 Å². The van der Waals surface area contributed by atoms with Crippen LogP contribution in [0, 0.1) is 6.92 Å². The summed E-state index contributed by atoms with van der Waals surface area (Å²) in [4.78, 5) is 8.52. The predicted molar refractivity (Wildman–Crippen MR) is 83.4 cm³/mol. The lowest BCUT2D eigenvalue weighted by Crippen LogP contribution is -1.99. The van der Waals surface area contributed by atoms with E-state index in [4.69, 9.17) is 17.3 Å². The van der Waals surface area contributed by atoms with E-state index < -0.39 is 0 Å². The third-order valence-corrected chi connectivity index (χ3v) is 3.44. The molecular weight excluding hydrogens is 272 g/mol. The summed E-state index contributed by atoms with van der Waals surface area (Å²) >= 11 is 6.23. The van der Waals surface area contributed by atoms with Crippen molar-refractivity contribution in [3.05, 3.63) is 53.3 Å². The van der Waals surface area contributed by atoms with Gasteiger partial charge in [-0.25, -0.2) is 9.97 Å². The van der Waals surface area contributed by atoms with Gasteiger partial charge < -0.3 is 11.1 Å². The highest BCUT2D eigenvalue weighted by atomic mass is 35.5. The SMILES string of the molecule is Cc1cccc(Cl)c1Nc1ncnc2cc(N)ccc12. The summed E-state index contributed by atoms with van der Waals surface area (Å²) in [5.74, 6) is 0.714. The summed E-state index contributed by atoms with van der Waals surface area (Å²) in [5, 5.41) is 4.84. The standard InChI is InChI=1S/C15H13ClN4/c1-9-3-2-4-12(16)14(9)20-15-11-6-5-10(17)7-13(11)18-8-19-15/h2-8H,17H2,1H3,(H,18,19,20). The Morgan fingerprint density at radius 2 is 2.00 bits per heavy atom. The van der Waals surface area contributed by atoms with Crippen LogP contribution in [0.3, 0.4) is 0 Å². The Labute approximate surface area is 121 Å². The van der Waals surface area contributed by atoms with Gasteiger partial charge in [-0.3, -0.25) is 0 Å². The zero-order valence-electron chi connectivity index (χ0n) is 10.9. The van der Waals surface area contributed by atoms with E-state index in [9.17, 15) is 0 Å². The van der Waals surface area contributed by atoms with Gasteiger partial charge >= 0.3 is 0 Å². The first kappa shape index (κ1) is 12.7. The van der Waals surface area contributed by atoms with Crippen LogP contribution in [0.25, 0.3) is 10.9 Å². The number of nitrogens with zero attached hydrogens (tertiary/aromatic N) is 2. The van der Waals surface area contributed by atoms with Crippen LogP contribution in [0.1, 0.15) is 5.56 Å². The number of hydrogen-bond acceptors (Lipinski definition) is 4. The maximum atomic E-state index is 6.23. The number of benzene rings is 2. The number of halogens is 1. The lowest BCUT2D eigenvalue weighted by atomic mass is 10.2. The number of rotatable bonds is 2. The molecule has 0 saturated heterocycles. The van der Waals surface area contributed by atoms with Crippen molar-refractivity contribution in [3.63, 3.8) is 0 Å². The molecule has 100 valence electrons. The molecule has 0 aliphatic heterocycles. The van der Waals surface area contributed by atoms with Gasteiger partial charge in [0.25, 0.3) is 0 Å². The zero-order chi connectivity index (χ0) is 14.1. The molecule has 3 aromatic rings. The van der Waals surface area contributed by atoms with Crippen LogP contribution in [0.15, 0.2) is 42.7 Å². The number of para-hydroxylation sites is 1. The van der Waals surface area contributed by atoms with Gasteiger partial charge in [0.15, 0.2) is 0 Å². The Morgan fingerprint density at radius 3 is 2.80 bits per heavy atom. The molecule has 2 aromatic carbocycles. The maximum absolute atomic E-state index is 6.23. The minimum Gasteiger partial charge on any atom is -0.399 e. The number of anilines is 3. The minimum absolute atomic E-state index is 0.659. The second kappa shape index (κ2) is 4.98. The first-order chi connectivity index (χ1) is 9.65. The van der Waals surface area contributed by atoms with Crippen molar-refractivity contribution in [2.24, 2.45) is 0 Å². The molecular formula is C15H13ClN4. The smallest absolute Gasteiger partial charge is 0.141 e. The quantitative estimate of drug-likeness (QED) is 0.700. The van der Waals surface area contributed by atoms with Gasteiger partial charge in [-0.2, -0.15) is 0 Å². The van der Waals surface area contributed by atoms with Gasteiger partial charge in [0, 0.05) is 11.1 Å². The molecule has 1 heterocycles. The van der Waals surface area contributed by atoms with Crippen molar-refractivity contribution in [3.8, 4) is 0 Å². The van der Waals surface area contributed by atoms with E-state index >= 15 is 0 Å². The minimum atomic E-state index is 0.659. The average molecular weight is 285 g/mol. The van der Waals surface area contributed by atoms with E-state index in [0.717, 1.165) is 22.2 Å². The van der Waals surface area contributed by atoms with Crippen molar-refractivity contribution < 1.29 is 0 Å². The number of nitrogens with two attached hydrogens (primary N) is 1. The Balaban J connectivity index is 2.11. The molecule has 0 saturated carbocycles. The fourth-order valence-corrected chi connectivity index (χ4v) is 2.35. The lowest BCUT2D eigenvalue weighted by molar-refractivity contribution is 1.21. The molecule has 0 spiro atoms. The molecule has 3 rings (SSSR count). The number of aromatic nitrogens is 2. The molecule has 3 N–H and O–H groups in total. The van der Waals surface area contributed by atoms with E-state index in [1.807, 2.05) is 43.3 Å². The van der Waals surface area contributed by atoms with Crippen LogP contribution in [0.2, 0.25) is 5.02 Å². The highest BCUT2D eigenvalue weighted by Gasteiger charge is 2.08. The molecule has 1 aromatic heterocycles. The number of aryl methyl sites for hydroxylation is 1. The van der Waals surface area contributed by atoms with Crippen molar-refractivity contribution >= 4 is 39.7 Å². The fraction of sp³-hybridized carbons (Fsp3) is 0.0667. The Hall–Kier alpha value is -2.33. The maximum Gasteiger partial charge on any atom is 0.141 e. The second-order valence-corrected chi connectivity index (χ2v) is 4.96. The highest BCUT2D eigenvalue weighted by Crippen LogP contribution is 2.30. The zero-order valence-corrected chi connectivity index (χ0v) is 11.6. The molecule has 20 heavy (non-hydrogen) atoms. The topological polar surface area (TPSA) is 63.8 Å². The first-order valence-electron chi connectivity index (χ1n) is 6.17. The largest absolute Gasteiger partial charge is 0.399 e. The fourth-order valence-electron chi connectivity index (χ4n) is 2.08. The van der Waals surface area contributed by atoms with Crippen molar-refractivity contribution in [2.45, 2.75) is 6.92 Å². The van der Waals surface area contributed by atoms with Crippen molar-refractivity contribution in [1.82, 2.24) is 9.97 Å². The first-order valence-corrected chi connectivity index (χ1v) is 6.55. The summed E-state index contributed by atoms with van der Waals surface area (Å²) < 4.78 is 0. The summed E-state index contributed by atoms with van der Waals surface area (Å²) in [6.07, 6.45) is 1.51. The molecule has 0 aliphatic rings. The van der Waals surface area contributed by atoms with Crippen molar-refractivity contribution in [1.29, 1.82) is 0 Å². The van der Waals surface area contributed by atoms with Crippen LogP contribution in [-0.2, 0) is 0 Å². The molecule has 4 nitrogen and oxygen atoms in total. The van der Waals surface area contributed by atoms with Gasteiger partial charge in [-0.1, -0.05) is 23.7 Å². The summed E-state index contributed by atoms with van der Waals surface area (Å²) in [5.41, 5.74) is 9.16. The second-order valence-electron chi connectivity index (χ2n) is 4.56. The van der Waals surface area contributed by atoms with Crippen LogP contribution < -0.4 is 11.1 Å². The number of hydrogen-bond donors (Lipinski definition) is 2. The van der Waals surface area contributed by atoms with Gasteiger partial charge in [0.1, 0.15) is 12.1 Å². The third kappa shape index (κ3) is 2.26. The molecule has 0 aliphatic carbocycles. The number of fused-ring (bicyclic) bond motifs is 1. The average Bonchev–Trinajstić information content (AvgIpc) is 2.42. The number of nitrogen functional groups attached to an aromatic ring is 1. The Kier molecular flexibility index (Phi) is 3.16. The molecule has 0 radical (unpaired) electrons. The monoisotopic (exact) mass is 284 g/mol. The molecule has 5 heteroatoms. The van der Waals surface area contributed by atoms with Crippen LogP contribution in [0.4, 0.5) is 17.2 Å². The lowest BCUT2D eigenvalue weighted by Gasteiger charge is -2.12. The van der Waals surface area contributed by atoms with Gasteiger partial charge in [0.2, 0.25) is 0 Å². The predicted octanol–water partition coefficient (Wildman–Crippen LogP) is 3.92. The van der Waals surface area contributed by atoms with Crippen LogP contribution in [0.5, 0.6) is 0 Å². The number of nitrogens with one attached hydrogen (secondary N) is 1. The van der Waals surface area contributed by atoms with Crippen molar-refractivity contribution in [2.75, 3.05) is 11.1 Å². The van der Waals surface area contributed by atoms with Crippen LogP contribution in [-0.4, -0.2) is 9.97 Å². The molecule has 0 bridgehead atoms. The summed E-state index contributed by atoms with van der Waals surface area (Å²) in [7, 11) is 0. The van der Waals surface area contributed by atoms with E-state index in [1.54, 1.807) is 0 Å². The molecule has 0 amide bonds. The van der Waals surface area contributed by atoms with Gasteiger partial charge in [-0.15, -0.1) is 0 Å². The summed E-state index contributed by atoms with van der Waals surface area (Å²) in [6, 6.07) is 11.3. The van der Waals surface area contributed by atoms with E-state index in [-0.39, 0.29) is 0 Å². The van der Waals surface area contributed by atoms with Gasteiger partial charge in [0.05, 0.1) is 16.2 Å².